The Balaban J connectivity index is 0.000000786. The van der Waals surface area contributed by atoms with E-state index in [1.165, 1.54) is 47.4 Å². The molecule has 3 aliphatic rings. The Hall–Kier alpha value is -2.08. The van der Waals surface area contributed by atoms with E-state index in [2.05, 4.69) is 53.5 Å². The molecular weight excluding hydrogens is 458 g/mol. The van der Waals surface area contributed by atoms with Crippen LogP contribution in [0.4, 0.5) is 8.78 Å². The van der Waals surface area contributed by atoms with E-state index >= 15 is 4.39 Å². The molecule has 3 aromatic rings. The Morgan fingerprint density at radius 3 is 2.29 bits per heavy atom. The third-order valence-electron chi connectivity index (χ3n) is 7.22. The number of hydrogen-bond acceptors (Lipinski definition) is 3. The van der Waals surface area contributed by atoms with Crippen molar-refractivity contribution < 1.29 is 8.78 Å². The van der Waals surface area contributed by atoms with Gasteiger partial charge in [0.05, 0.1) is 0 Å². The second-order valence-corrected chi connectivity index (χ2v) is 11.6. The van der Waals surface area contributed by atoms with Crippen molar-refractivity contribution in [1.82, 2.24) is 10.2 Å². The number of rotatable bonds is 7. The summed E-state index contributed by atoms with van der Waals surface area (Å²) in [5, 5.41) is 3.51. The molecule has 3 fully saturated rings. The molecule has 2 atom stereocenters. The highest BCUT2D eigenvalue weighted by atomic mass is 32.1. The molecule has 2 nitrogen and oxygen atoms in total. The second kappa shape index (κ2) is 10.9. The Kier molecular flexibility index (Phi) is 7.66. The zero-order chi connectivity index (χ0) is 24.3. The molecule has 0 radical (unpaired) electrons. The number of halogens is 2. The highest BCUT2D eigenvalue weighted by Gasteiger charge is 2.42. The molecule has 6 rings (SSSR count). The van der Waals surface area contributed by atoms with Crippen LogP contribution in [0.1, 0.15) is 60.4 Å². The van der Waals surface area contributed by atoms with Crippen LogP contribution in [0.5, 0.6) is 0 Å². The van der Waals surface area contributed by atoms with E-state index in [9.17, 15) is 4.39 Å². The van der Waals surface area contributed by atoms with Crippen LogP contribution < -0.4 is 5.32 Å². The average molecular weight is 495 g/mol. The molecule has 1 saturated heterocycles. The highest BCUT2D eigenvalue weighted by Crippen LogP contribution is 2.46. The Morgan fingerprint density at radius 2 is 1.63 bits per heavy atom. The van der Waals surface area contributed by atoms with Crippen LogP contribution in [0.15, 0.2) is 60.7 Å². The number of nitrogens with one attached hydrogen (secondary N) is 1. The zero-order valence-corrected chi connectivity index (χ0v) is 21.4. The Morgan fingerprint density at radius 1 is 0.943 bits per heavy atom. The summed E-state index contributed by atoms with van der Waals surface area (Å²) in [5.74, 6) is 0.262. The number of hydrogen-bond donors (Lipinski definition) is 1. The highest BCUT2D eigenvalue weighted by molar-refractivity contribution is 7.15. The topological polar surface area (TPSA) is 15.3 Å². The first-order chi connectivity index (χ1) is 17.0. The van der Waals surface area contributed by atoms with Gasteiger partial charge in [-0.3, -0.25) is 4.90 Å². The van der Waals surface area contributed by atoms with Crippen molar-refractivity contribution in [3.8, 4) is 10.4 Å². The molecule has 1 aliphatic heterocycles. The predicted molar refractivity (Wildman–Crippen MR) is 142 cm³/mol. The molecule has 5 heteroatoms. The second-order valence-electron chi connectivity index (χ2n) is 10.5. The Bertz CT molecular complexity index is 1080. The molecule has 1 aromatic heterocycles. The molecule has 2 saturated carbocycles. The van der Waals surface area contributed by atoms with Gasteiger partial charge in [0.15, 0.2) is 0 Å². The monoisotopic (exact) mass is 494 g/mol. The molecule has 35 heavy (non-hydrogen) atoms. The number of alkyl halides is 1. The number of nitrogens with zero attached hydrogens (tertiary/aromatic N) is 1. The van der Waals surface area contributed by atoms with Crippen molar-refractivity contribution in [2.24, 2.45) is 0 Å². The summed E-state index contributed by atoms with van der Waals surface area (Å²) >= 11 is 1.77. The lowest BCUT2D eigenvalue weighted by atomic mass is 9.93. The van der Waals surface area contributed by atoms with E-state index < -0.39 is 5.67 Å². The zero-order valence-electron chi connectivity index (χ0n) is 20.6. The summed E-state index contributed by atoms with van der Waals surface area (Å²) in [6.45, 7) is 5.08. The fourth-order valence-electron chi connectivity index (χ4n) is 4.61. The Labute approximate surface area is 212 Å². The fourth-order valence-corrected chi connectivity index (χ4v) is 5.80. The van der Waals surface area contributed by atoms with Crippen LogP contribution in [0.3, 0.4) is 0 Å². The van der Waals surface area contributed by atoms with Crippen LogP contribution >= 0.6 is 11.3 Å². The van der Waals surface area contributed by atoms with E-state index in [-0.39, 0.29) is 5.82 Å². The van der Waals surface area contributed by atoms with Crippen molar-refractivity contribution in [2.75, 3.05) is 19.6 Å². The normalized spacial score (nSPS) is 22.8. The number of aryl methyl sites for hydroxylation is 1. The summed E-state index contributed by atoms with van der Waals surface area (Å²) in [4.78, 5) is 4.86. The van der Waals surface area contributed by atoms with Crippen molar-refractivity contribution in [2.45, 2.75) is 69.6 Å². The summed E-state index contributed by atoms with van der Waals surface area (Å²) in [7, 11) is 0. The first-order valence-corrected chi connectivity index (χ1v) is 13.8. The average Bonchev–Trinajstić information content (AvgIpc) is 3.81. The van der Waals surface area contributed by atoms with Crippen LogP contribution in [0.2, 0.25) is 0 Å². The van der Waals surface area contributed by atoms with Gasteiger partial charge in [-0.15, -0.1) is 11.3 Å². The largest absolute Gasteiger partial charge is 0.310 e. The molecule has 2 heterocycles. The lowest BCUT2D eigenvalue weighted by molar-refractivity contribution is 0.0544. The maximum atomic E-state index is 15.4. The van der Waals surface area contributed by atoms with E-state index in [0.29, 0.717) is 31.3 Å². The van der Waals surface area contributed by atoms with Gasteiger partial charge in [0.25, 0.3) is 0 Å². The summed E-state index contributed by atoms with van der Waals surface area (Å²) in [6.07, 6.45) is 6.76. The SMILES string of the molecule is C1CC1.Cc1ccc(CN2CCC(F)(CNC3CC3c3ccc(-c4ccc(F)cc4)s3)CC2)cc1. The lowest BCUT2D eigenvalue weighted by Crippen LogP contribution is -2.47. The molecule has 2 aromatic carbocycles. The number of piperidine rings is 1. The van der Waals surface area contributed by atoms with Gasteiger partial charge < -0.3 is 5.32 Å². The van der Waals surface area contributed by atoms with Gasteiger partial charge in [0.2, 0.25) is 0 Å². The number of thiophene rings is 1. The van der Waals surface area contributed by atoms with Gasteiger partial charge in [-0.05, 0) is 61.6 Å². The smallest absolute Gasteiger partial charge is 0.125 e. The van der Waals surface area contributed by atoms with Gasteiger partial charge in [-0.2, -0.15) is 0 Å². The molecule has 2 unspecified atom stereocenters. The van der Waals surface area contributed by atoms with Crippen molar-refractivity contribution in [1.29, 1.82) is 0 Å². The van der Waals surface area contributed by atoms with Crippen LogP contribution in [-0.2, 0) is 6.54 Å². The maximum Gasteiger partial charge on any atom is 0.125 e. The van der Waals surface area contributed by atoms with E-state index in [0.717, 1.165) is 36.5 Å². The maximum absolute atomic E-state index is 15.4. The molecule has 0 amide bonds. The van der Waals surface area contributed by atoms with Gasteiger partial charge in [0.1, 0.15) is 11.5 Å². The minimum Gasteiger partial charge on any atom is -0.310 e. The molecule has 2 aliphatic carbocycles. The molecule has 186 valence electrons. The fraction of sp³-hybridized carbons (Fsp3) is 0.467. The number of benzene rings is 2. The standard InChI is InChI=1S/C27H30F2N2S.C3H6/c1-19-2-4-20(5-3-19)17-31-14-12-27(29,13-15-31)18-30-24-16-23(24)26-11-10-25(32-26)21-6-8-22(28)9-7-21;1-2-3-1/h2-11,23-24,30H,12-18H2,1H3;1-3H2. The van der Waals surface area contributed by atoms with Crippen LogP contribution in [0, 0.1) is 12.7 Å². The van der Waals surface area contributed by atoms with Crippen LogP contribution in [-0.4, -0.2) is 36.2 Å². The molecule has 0 spiro atoms. The van der Waals surface area contributed by atoms with Crippen molar-refractivity contribution in [3.63, 3.8) is 0 Å². The van der Waals surface area contributed by atoms with Gasteiger partial charge in [0, 0.05) is 47.9 Å². The first kappa shape index (κ1) is 24.6. The summed E-state index contributed by atoms with van der Waals surface area (Å²) in [6, 6.07) is 19.9. The molecule has 0 bridgehead atoms. The predicted octanol–water partition coefficient (Wildman–Crippen LogP) is 7.48. The lowest BCUT2D eigenvalue weighted by Gasteiger charge is -2.36. The quantitative estimate of drug-likeness (QED) is 0.366. The van der Waals surface area contributed by atoms with E-state index in [1.807, 2.05) is 12.1 Å². The minimum absolute atomic E-state index is 0.210. The minimum atomic E-state index is -1.11. The van der Waals surface area contributed by atoms with E-state index in [1.54, 1.807) is 11.3 Å². The summed E-state index contributed by atoms with van der Waals surface area (Å²) < 4.78 is 28.6. The molecule has 1 N–H and O–H groups in total. The van der Waals surface area contributed by atoms with Gasteiger partial charge in [-0.1, -0.05) is 61.2 Å². The van der Waals surface area contributed by atoms with Crippen LogP contribution in [0.25, 0.3) is 10.4 Å². The number of likely N-dealkylation sites (tertiary alicyclic amines) is 1. The summed E-state index contributed by atoms with van der Waals surface area (Å²) in [5.41, 5.74) is 2.52. The molecular formula is C30H36F2N2S. The third kappa shape index (κ3) is 6.99. The third-order valence-corrected chi connectivity index (χ3v) is 8.49. The van der Waals surface area contributed by atoms with Crippen molar-refractivity contribution in [3.05, 3.63) is 82.5 Å². The first-order valence-electron chi connectivity index (χ1n) is 13.0. The van der Waals surface area contributed by atoms with Gasteiger partial charge in [-0.25, -0.2) is 8.78 Å². The van der Waals surface area contributed by atoms with Gasteiger partial charge >= 0.3 is 0 Å². The van der Waals surface area contributed by atoms with Crippen molar-refractivity contribution >= 4 is 11.3 Å². The van der Waals surface area contributed by atoms with E-state index in [4.69, 9.17) is 0 Å².